The summed E-state index contributed by atoms with van der Waals surface area (Å²) in [5.41, 5.74) is -0.280. The lowest BCUT2D eigenvalue weighted by atomic mass is 9.74. The summed E-state index contributed by atoms with van der Waals surface area (Å²) >= 11 is 5.93. The van der Waals surface area contributed by atoms with E-state index in [2.05, 4.69) is 6.58 Å². The summed E-state index contributed by atoms with van der Waals surface area (Å²) in [7, 11) is 0. The molecule has 5 atom stereocenters. The number of nitrogens with zero attached hydrogens (tertiary/aromatic N) is 1. The first kappa shape index (κ1) is 15.4. The van der Waals surface area contributed by atoms with Crippen molar-refractivity contribution in [3.63, 3.8) is 0 Å². The van der Waals surface area contributed by atoms with Crippen LogP contribution in [-0.4, -0.2) is 29.6 Å². The van der Waals surface area contributed by atoms with E-state index in [1.54, 1.807) is 41.3 Å². The van der Waals surface area contributed by atoms with Crippen LogP contribution in [0.4, 0.5) is 5.69 Å². The third-order valence-corrected chi connectivity index (χ3v) is 5.44. The van der Waals surface area contributed by atoms with Crippen LogP contribution in [0.2, 0.25) is 5.02 Å². The smallest absolute Gasteiger partial charge is 0.234 e. The van der Waals surface area contributed by atoms with Gasteiger partial charge in [0, 0.05) is 22.6 Å². The molecular formula is C18H15ClNO4-. The van der Waals surface area contributed by atoms with Gasteiger partial charge in [-0.1, -0.05) is 29.8 Å². The minimum Gasteiger partial charge on any atom is -0.550 e. The van der Waals surface area contributed by atoms with Gasteiger partial charge in [-0.25, -0.2) is 0 Å². The predicted molar refractivity (Wildman–Crippen MR) is 86.3 cm³/mol. The molecule has 0 radical (unpaired) electrons. The summed E-state index contributed by atoms with van der Waals surface area (Å²) < 4.78 is 6.00. The number of rotatable bonds is 4. The van der Waals surface area contributed by atoms with Crippen LogP contribution in [0.25, 0.3) is 0 Å². The first-order valence-electron chi connectivity index (χ1n) is 7.77. The second-order valence-electron chi connectivity index (χ2n) is 6.34. The Balaban J connectivity index is 1.83. The number of hydrogen-bond acceptors (Lipinski definition) is 4. The molecule has 0 aliphatic carbocycles. The molecule has 124 valence electrons. The van der Waals surface area contributed by atoms with Crippen LogP contribution in [0.5, 0.6) is 0 Å². The molecule has 2 saturated heterocycles. The molecule has 0 N–H and O–H groups in total. The number of amides is 1. The number of hydrogen-bond donors (Lipinski definition) is 0. The van der Waals surface area contributed by atoms with Crippen LogP contribution in [0.15, 0.2) is 49.1 Å². The lowest BCUT2D eigenvalue weighted by Crippen LogP contribution is -2.46. The van der Waals surface area contributed by atoms with Gasteiger partial charge in [0.15, 0.2) is 0 Å². The van der Waals surface area contributed by atoms with Gasteiger partial charge in [-0.15, -0.1) is 6.58 Å². The number of carbonyl (C=O) groups excluding carboxylic acids is 2. The molecule has 4 rings (SSSR count). The second-order valence-corrected chi connectivity index (χ2v) is 6.78. The van der Waals surface area contributed by atoms with E-state index in [0.29, 0.717) is 17.1 Å². The van der Waals surface area contributed by atoms with Crippen molar-refractivity contribution in [3.8, 4) is 0 Å². The molecule has 2 bridgehead atoms. The van der Waals surface area contributed by atoms with Gasteiger partial charge in [0.05, 0.1) is 18.1 Å². The number of carboxylic acid groups (broad SMARTS) is 1. The lowest BCUT2D eigenvalue weighted by Gasteiger charge is -2.32. The van der Waals surface area contributed by atoms with Gasteiger partial charge in [0.25, 0.3) is 0 Å². The van der Waals surface area contributed by atoms with Crippen LogP contribution in [-0.2, 0) is 14.3 Å². The number of anilines is 1. The van der Waals surface area contributed by atoms with Crippen LogP contribution >= 0.6 is 11.6 Å². The summed E-state index contributed by atoms with van der Waals surface area (Å²) in [5.74, 6) is -3.25. The van der Waals surface area contributed by atoms with E-state index >= 15 is 0 Å². The molecule has 3 heterocycles. The Morgan fingerprint density at radius 2 is 2.12 bits per heavy atom. The minimum atomic E-state index is -1.25. The zero-order chi connectivity index (χ0) is 17.1. The number of ether oxygens (including phenoxy) is 1. The highest BCUT2D eigenvalue weighted by molar-refractivity contribution is 6.30. The lowest BCUT2D eigenvalue weighted by molar-refractivity contribution is -0.313. The summed E-state index contributed by atoms with van der Waals surface area (Å²) in [5, 5.41) is 12.2. The van der Waals surface area contributed by atoms with E-state index in [1.807, 2.05) is 6.08 Å². The predicted octanol–water partition coefficient (Wildman–Crippen LogP) is 1.32. The molecule has 0 saturated carbocycles. The average Bonchev–Trinajstić information content (AvgIpc) is 3.18. The normalized spacial score (nSPS) is 36.2. The molecular weight excluding hydrogens is 330 g/mol. The molecule has 3 aliphatic rings. The third kappa shape index (κ3) is 1.85. The highest BCUT2D eigenvalue weighted by Crippen LogP contribution is 2.56. The van der Waals surface area contributed by atoms with E-state index in [9.17, 15) is 14.7 Å². The number of halogens is 1. The summed E-state index contributed by atoms with van der Waals surface area (Å²) in [4.78, 5) is 26.3. The number of carbonyl (C=O) groups is 2. The maximum atomic E-state index is 13.1. The largest absolute Gasteiger partial charge is 0.550 e. The van der Waals surface area contributed by atoms with Gasteiger partial charge in [0.2, 0.25) is 5.91 Å². The van der Waals surface area contributed by atoms with Crippen molar-refractivity contribution in [2.45, 2.75) is 24.2 Å². The zero-order valence-electron chi connectivity index (χ0n) is 12.7. The summed E-state index contributed by atoms with van der Waals surface area (Å²) in [6.07, 6.45) is 5.16. The van der Waals surface area contributed by atoms with Crippen molar-refractivity contribution < 1.29 is 19.4 Å². The molecule has 3 aliphatic heterocycles. The van der Waals surface area contributed by atoms with Crippen molar-refractivity contribution >= 4 is 29.2 Å². The summed E-state index contributed by atoms with van der Waals surface area (Å²) in [6.45, 7) is 3.77. The Hall–Kier alpha value is -2.11. The molecule has 24 heavy (non-hydrogen) atoms. The topological polar surface area (TPSA) is 69.7 Å². The highest BCUT2D eigenvalue weighted by atomic mass is 35.5. The standard InChI is InChI=1S/C18H16ClNO4/c1-2-3-13-18-9-8-12(24-18)14(17(22)23)15(18)16(21)20(13)11-6-4-10(19)5-7-11/h2,4-9,12-15H,1,3H2,(H,22,23)/p-1/t12-,13-,14-,15+,18+/m0/s1. The molecule has 2 fully saturated rings. The fraction of sp³-hybridized carbons (Fsp3) is 0.333. The summed E-state index contributed by atoms with van der Waals surface area (Å²) in [6, 6.07) is 6.55. The SMILES string of the molecule is C=CC[C@@H]1N(c2ccc(Cl)cc2)C(=O)[C@H]2[C@@H](C(=O)[O-])[C@@H]3C=C[C@@]12O3. The first-order valence-corrected chi connectivity index (χ1v) is 8.15. The van der Waals surface area contributed by atoms with Crippen molar-refractivity contribution in [1.82, 2.24) is 0 Å². The first-order chi connectivity index (χ1) is 11.5. The Morgan fingerprint density at radius 1 is 1.42 bits per heavy atom. The molecule has 1 spiro atoms. The van der Waals surface area contributed by atoms with Gasteiger partial charge < -0.3 is 19.5 Å². The van der Waals surface area contributed by atoms with Gasteiger partial charge in [0.1, 0.15) is 5.60 Å². The van der Waals surface area contributed by atoms with Crippen molar-refractivity contribution in [1.29, 1.82) is 0 Å². The quantitative estimate of drug-likeness (QED) is 0.772. The maximum absolute atomic E-state index is 13.1. The molecule has 5 nitrogen and oxygen atoms in total. The van der Waals surface area contributed by atoms with E-state index in [4.69, 9.17) is 16.3 Å². The van der Waals surface area contributed by atoms with E-state index in [0.717, 1.165) is 0 Å². The Kier molecular flexibility index (Phi) is 3.34. The fourth-order valence-corrected chi connectivity index (χ4v) is 4.40. The fourth-order valence-electron chi connectivity index (χ4n) is 4.28. The van der Waals surface area contributed by atoms with Crippen LogP contribution in [0, 0.1) is 11.8 Å². The molecule has 1 aromatic rings. The van der Waals surface area contributed by atoms with Crippen molar-refractivity contribution in [2.24, 2.45) is 11.8 Å². The number of aliphatic carboxylic acids is 1. The monoisotopic (exact) mass is 344 g/mol. The molecule has 0 aromatic heterocycles. The highest BCUT2D eigenvalue weighted by Gasteiger charge is 2.69. The molecule has 6 heteroatoms. The Labute approximate surface area is 144 Å². The van der Waals surface area contributed by atoms with Crippen molar-refractivity contribution in [2.75, 3.05) is 4.90 Å². The van der Waals surface area contributed by atoms with Crippen molar-refractivity contribution in [3.05, 3.63) is 54.1 Å². The van der Waals surface area contributed by atoms with E-state index in [-0.39, 0.29) is 11.9 Å². The number of benzene rings is 1. The molecule has 1 amide bonds. The van der Waals surface area contributed by atoms with Gasteiger partial charge in [-0.05, 0) is 30.7 Å². The molecule has 1 aromatic carbocycles. The average molecular weight is 345 g/mol. The van der Waals surface area contributed by atoms with Crippen LogP contribution in [0.3, 0.4) is 0 Å². The van der Waals surface area contributed by atoms with Crippen LogP contribution in [0.1, 0.15) is 6.42 Å². The second kappa shape index (κ2) is 5.19. The minimum absolute atomic E-state index is 0.259. The van der Waals surface area contributed by atoms with Gasteiger partial charge in [-0.3, -0.25) is 4.79 Å². The van der Waals surface area contributed by atoms with Gasteiger partial charge in [-0.2, -0.15) is 0 Å². The third-order valence-electron chi connectivity index (χ3n) is 5.19. The Bertz CT molecular complexity index is 759. The van der Waals surface area contributed by atoms with Gasteiger partial charge >= 0.3 is 0 Å². The Morgan fingerprint density at radius 3 is 2.75 bits per heavy atom. The van der Waals surface area contributed by atoms with E-state index < -0.39 is 29.5 Å². The molecule has 0 unspecified atom stereocenters. The maximum Gasteiger partial charge on any atom is 0.234 e. The van der Waals surface area contributed by atoms with Crippen LogP contribution < -0.4 is 10.0 Å². The zero-order valence-corrected chi connectivity index (χ0v) is 13.5. The number of fused-ring (bicyclic) bond motifs is 1. The number of carboxylic acids is 1. The van der Waals surface area contributed by atoms with E-state index in [1.165, 1.54) is 0 Å².